The van der Waals surface area contributed by atoms with Crippen LogP contribution in [0.15, 0.2) is 33.7 Å². The normalized spacial score (nSPS) is 11.9. The Morgan fingerprint density at radius 3 is 2.58 bits per heavy atom. The summed E-state index contributed by atoms with van der Waals surface area (Å²) in [5, 5.41) is 9.03. The molecule has 0 amide bonds. The van der Waals surface area contributed by atoms with Gasteiger partial charge in [0.15, 0.2) is 0 Å². The van der Waals surface area contributed by atoms with Crippen LogP contribution in [0, 0.1) is 5.82 Å². The Hall–Kier alpha value is -0.760. The zero-order chi connectivity index (χ0) is 14.8. The van der Waals surface area contributed by atoms with Gasteiger partial charge in [-0.25, -0.2) is 12.8 Å². The van der Waals surface area contributed by atoms with E-state index in [4.69, 9.17) is 5.11 Å². The number of aliphatic hydroxyl groups excluding tert-OH is 1. The van der Waals surface area contributed by atoms with Gasteiger partial charge in [0.25, 0.3) is 0 Å². The Labute approximate surface area is 120 Å². The van der Waals surface area contributed by atoms with Crippen molar-refractivity contribution in [1.82, 2.24) is 4.31 Å². The molecule has 0 aliphatic heterocycles. The molecule has 1 aromatic rings. The summed E-state index contributed by atoms with van der Waals surface area (Å²) in [7, 11) is -2.61. The third-order valence-corrected chi connectivity index (χ3v) is 4.69. The number of sulfonamides is 1. The summed E-state index contributed by atoms with van der Waals surface area (Å²) in [5.74, 6) is -0.931. The summed E-state index contributed by atoms with van der Waals surface area (Å²) in [5.41, 5.74) is 0.570. The maximum Gasteiger partial charge on any atom is 0.246 e. The van der Waals surface area contributed by atoms with E-state index in [1.807, 2.05) is 0 Å². The lowest BCUT2D eigenvalue weighted by atomic mass is 10.2. The summed E-state index contributed by atoms with van der Waals surface area (Å²) in [6.07, 6.45) is 0. The van der Waals surface area contributed by atoms with Crippen molar-refractivity contribution >= 4 is 26.0 Å². The van der Waals surface area contributed by atoms with Crippen LogP contribution in [0.3, 0.4) is 0 Å². The summed E-state index contributed by atoms with van der Waals surface area (Å²) in [4.78, 5) is -0.463. The van der Waals surface area contributed by atoms with Crippen LogP contribution in [0.25, 0.3) is 0 Å². The lowest BCUT2D eigenvalue weighted by Crippen LogP contribution is -2.29. The van der Waals surface area contributed by atoms with Crippen molar-refractivity contribution in [3.8, 4) is 0 Å². The molecule has 0 saturated carbocycles. The molecule has 106 valence electrons. The van der Waals surface area contributed by atoms with Crippen LogP contribution in [0.1, 0.15) is 12.5 Å². The third kappa shape index (κ3) is 3.62. The van der Waals surface area contributed by atoms with E-state index in [1.54, 1.807) is 6.92 Å². The number of likely N-dealkylation sites (N-methyl/N-ethyl adjacent to an activating group) is 1. The summed E-state index contributed by atoms with van der Waals surface area (Å²) in [6.45, 7) is 4.84. The number of hydrogen-bond donors (Lipinski definition) is 1. The highest BCUT2D eigenvalue weighted by atomic mass is 79.9. The maximum absolute atomic E-state index is 14.0. The first-order valence-electron chi connectivity index (χ1n) is 5.39. The molecule has 0 fully saturated rings. The summed E-state index contributed by atoms with van der Waals surface area (Å²) in [6, 6.07) is 2.52. The van der Waals surface area contributed by atoms with Crippen LogP contribution in [0.4, 0.5) is 4.39 Å². The molecule has 0 saturated heterocycles. The molecule has 0 aliphatic carbocycles. The molecule has 19 heavy (non-hydrogen) atoms. The quantitative estimate of drug-likeness (QED) is 0.828. The van der Waals surface area contributed by atoms with Crippen LogP contribution in [-0.4, -0.2) is 31.4 Å². The average Bonchev–Trinajstić information content (AvgIpc) is 2.30. The Balaban J connectivity index is 3.36. The fourth-order valence-corrected chi connectivity index (χ4v) is 3.57. The molecule has 0 bridgehead atoms. The molecule has 0 aliphatic rings. The highest BCUT2D eigenvalue weighted by Crippen LogP contribution is 2.26. The van der Waals surface area contributed by atoms with Gasteiger partial charge in [-0.1, -0.05) is 28.1 Å². The van der Waals surface area contributed by atoms with Crippen LogP contribution in [0.2, 0.25) is 0 Å². The molecular formula is C12H15BrFNO3S. The van der Waals surface area contributed by atoms with Crippen LogP contribution < -0.4 is 0 Å². The predicted molar refractivity (Wildman–Crippen MR) is 74.7 cm³/mol. The van der Waals surface area contributed by atoms with Gasteiger partial charge in [-0.2, -0.15) is 4.31 Å². The monoisotopic (exact) mass is 351 g/mol. The molecule has 0 heterocycles. The molecule has 0 aromatic heterocycles. The van der Waals surface area contributed by atoms with E-state index in [-0.39, 0.29) is 12.1 Å². The Kier molecular flexibility index (Phi) is 5.26. The van der Waals surface area contributed by atoms with Crippen molar-refractivity contribution in [3.63, 3.8) is 0 Å². The SMILES string of the molecule is C=C(C)CN(C)S(=O)(=O)c1cc(Br)cc(CO)c1F. The van der Waals surface area contributed by atoms with Gasteiger partial charge < -0.3 is 5.11 Å². The molecule has 4 nitrogen and oxygen atoms in total. The smallest absolute Gasteiger partial charge is 0.246 e. The van der Waals surface area contributed by atoms with Gasteiger partial charge in [-0.05, 0) is 19.1 Å². The van der Waals surface area contributed by atoms with Gasteiger partial charge in [0.1, 0.15) is 10.7 Å². The largest absolute Gasteiger partial charge is 0.392 e. The van der Waals surface area contributed by atoms with Crippen LogP contribution in [0.5, 0.6) is 0 Å². The molecule has 0 unspecified atom stereocenters. The van der Waals surface area contributed by atoms with Gasteiger partial charge in [-0.3, -0.25) is 0 Å². The van der Waals surface area contributed by atoms with Crippen molar-refractivity contribution in [3.05, 3.63) is 40.1 Å². The second kappa shape index (κ2) is 6.13. The topological polar surface area (TPSA) is 57.6 Å². The highest BCUT2D eigenvalue weighted by Gasteiger charge is 2.26. The molecule has 1 rings (SSSR count). The number of hydrogen-bond acceptors (Lipinski definition) is 3. The van der Waals surface area contributed by atoms with Crippen molar-refractivity contribution in [1.29, 1.82) is 0 Å². The molecular weight excluding hydrogens is 337 g/mol. The van der Waals surface area contributed by atoms with Gasteiger partial charge in [0, 0.05) is 23.6 Å². The van der Waals surface area contributed by atoms with Crippen LogP contribution in [-0.2, 0) is 16.6 Å². The standard InChI is InChI=1S/C12H15BrFNO3S/c1-8(2)6-15(3)19(17,18)11-5-10(13)4-9(7-16)12(11)14/h4-5,16H,1,6-7H2,2-3H3. The zero-order valence-corrected chi connectivity index (χ0v) is 13.1. The van der Waals surface area contributed by atoms with E-state index in [9.17, 15) is 12.8 Å². The first kappa shape index (κ1) is 16.3. The Bertz CT molecular complexity index is 601. The van der Waals surface area contributed by atoms with E-state index in [2.05, 4.69) is 22.5 Å². The fourth-order valence-electron chi connectivity index (χ4n) is 1.55. The van der Waals surface area contributed by atoms with Crippen molar-refractivity contribution in [2.24, 2.45) is 0 Å². The molecule has 0 spiro atoms. The first-order valence-corrected chi connectivity index (χ1v) is 7.63. The first-order chi connectivity index (χ1) is 8.70. The number of aliphatic hydroxyl groups is 1. The van der Waals surface area contributed by atoms with E-state index in [1.165, 1.54) is 19.2 Å². The molecule has 1 aromatic carbocycles. The Morgan fingerprint density at radius 1 is 1.53 bits per heavy atom. The number of halogens is 2. The second-order valence-electron chi connectivity index (χ2n) is 4.25. The minimum atomic E-state index is -3.96. The van der Waals surface area contributed by atoms with Crippen molar-refractivity contribution < 1.29 is 17.9 Å². The van der Waals surface area contributed by atoms with E-state index >= 15 is 0 Å². The van der Waals surface area contributed by atoms with Crippen LogP contribution >= 0.6 is 15.9 Å². The molecule has 0 radical (unpaired) electrons. The van der Waals surface area contributed by atoms with Crippen molar-refractivity contribution in [2.45, 2.75) is 18.4 Å². The lowest BCUT2D eigenvalue weighted by Gasteiger charge is -2.18. The predicted octanol–water partition coefficient (Wildman–Crippen LogP) is 2.28. The zero-order valence-electron chi connectivity index (χ0n) is 10.7. The molecule has 0 atom stereocenters. The minimum absolute atomic E-state index is 0.0725. The average molecular weight is 352 g/mol. The highest BCUT2D eigenvalue weighted by molar-refractivity contribution is 9.10. The van der Waals surface area contributed by atoms with E-state index in [0.29, 0.717) is 10.0 Å². The summed E-state index contributed by atoms with van der Waals surface area (Å²) < 4.78 is 39.9. The van der Waals surface area contributed by atoms with Gasteiger partial charge >= 0.3 is 0 Å². The van der Waals surface area contributed by atoms with Gasteiger partial charge in [0.2, 0.25) is 10.0 Å². The Morgan fingerprint density at radius 2 is 2.11 bits per heavy atom. The van der Waals surface area contributed by atoms with Gasteiger partial charge in [-0.15, -0.1) is 0 Å². The number of rotatable bonds is 5. The summed E-state index contributed by atoms with van der Waals surface area (Å²) >= 11 is 3.10. The molecule has 1 N–H and O–H groups in total. The van der Waals surface area contributed by atoms with E-state index < -0.39 is 27.3 Å². The van der Waals surface area contributed by atoms with Gasteiger partial charge in [0.05, 0.1) is 6.61 Å². The molecule has 7 heteroatoms. The maximum atomic E-state index is 14.0. The lowest BCUT2D eigenvalue weighted by molar-refractivity contribution is 0.274. The fraction of sp³-hybridized carbons (Fsp3) is 0.333. The third-order valence-electron chi connectivity index (χ3n) is 2.43. The van der Waals surface area contributed by atoms with E-state index in [0.717, 1.165) is 4.31 Å². The van der Waals surface area contributed by atoms with Crippen molar-refractivity contribution in [2.75, 3.05) is 13.6 Å². The second-order valence-corrected chi connectivity index (χ2v) is 7.18. The minimum Gasteiger partial charge on any atom is -0.392 e. The number of benzene rings is 1. The number of nitrogens with zero attached hydrogens (tertiary/aromatic N) is 1.